The summed E-state index contributed by atoms with van der Waals surface area (Å²) in [5.41, 5.74) is -0.905. The Kier molecular flexibility index (Phi) is 6.86. The summed E-state index contributed by atoms with van der Waals surface area (Å²) in [6, 6.07) is 11.1. The summed E-state index contributed by atoms with van der Waals surface area (Å²) < 4.78 is 55.2. The van der Waals surface area contributed by atoms with E-state index in [0.29, 0.717) is 37.3 Å². The molecule has 3 aliphatic rings. The van der Waals surface area contributed by atoms with Crippen molar-refractivity contribution in [2.45, 2.75) is 53.9 Å². The summed E-state index contributed by atoms with van der Waals surface area (Å²) >= 11 is 0. The van der Waals surface area contributed by atoms with Gasteiger partial charge in [-0.3, -0.25) is 10.1 Å². The van der Waals surface area contributed by atoms with E-state index in [0.717, 1.165) is 38.5 Å². The molecule has 0 unspecified atom stereocenters. The zero-order chi connectivity index (χ0) is 26.3. The molecule has 3 saturated heterocycles. The predicted molar refractivity (Wildman–Crippen MR) is 136 cm³/mol. The maximum absolute atomic E-state index is 13.1. The second-order valence-corrected chi connectivity index (χ2v) is 13.5. The SMILES string of the molecule is O=C1NC(=O)C(c2ccc(S(=O)(=O)N3CCCCC3)cc2)(c2ccc(S(=O)(=O)N3CCCCC3)cc2)N1. The van der Waals surface area contributed by atoms with Crippen LogP contribution in [-0.2, 0) is 30.4 Å². The van der Waals surface area contributed by atoms with Gasteiger partial charge in [0.15, 0.2) is 5.54 Å². The third kappa shape index (κ3) is 4.56. The van der Waals surface area contributed by atoms with Gasteiger partial charge in [-0.2, -0.15) is 8.61 Å². The number of carbonyl (C=O) groups excluding carboxylic acids is 2. The predicted octanol–water partition coefficient (Wildman–Crippen LogP) is 2.12. The third-order valence-corrected chi connectivity index (χ3v) is 11.2. The summed E-state index contributed by atoms with van der Waals surface area (Å²) in [6.45, 7) is 1.89. The number of benzene rings is 2. The van der Waals surface area contributed by atoms with Crippen LogP contribution in [0.1, 0.15) is 49.7 Å². The lowest BCUT2D eigenvalue weighted by Crippen LogP contribution is -2.45. The highest BCUT2D eigenvalue weighted by Crippen LogP contribution is 2.35. The largest absolute Gasteiger partial charge is 0.322 e. The van der Waals surface area contributed by atoms with E-state index in [4.69, 9.17) is 0 Å². The molecule has 198 valence electrons. The van der Waals surface area contributed by atoms with E-state index in [1.807, 2.05) is 0 Å². The van der Waals surface area contributed by atoms with Gasteiger partial charge in [-0.25, -0.2) is 21.6 Å². The van der Waals surface area contributed by atoms with Crippen LogP contribution in [0.4, 0.5) is 4.79 Å². The molecule has 37 heavy (non-hydrogen) atoms. The van der Waals surface area contributed by atoms with E-state index in [1.165, 1.54) is 57.1 Å². The summed E-state index contributed by atoms with van der Waals surface area (Å²) in [4.78, 5) is 25.6. The van der Waals surface area contributed by atoms with Crippen molar-refractivity contribution in [2.75, 3.05) is 26.2 Å². The minimum atomic E-state index is -3.67. The van der Waals surface area contributed by atoms with E-state index in [1.54, 1.807) is 0 Å². The van der Waals surface area contributed by atoms with Crippen molar-refractivity contribution in [2.24, 2.45) is 0 Å². The number of amides is 3. The number of rotatable bonds is 6. The van der Waals surface area contributed by atoms with Crippen LogP contribution in [0.25, 0.3) is 0 Å². The monoisotopic (exact) mass is 546 g/mol. The van der Waals surface area contributed by atoms with Gasteiger partial charge in [0.2, 0.25) is 20.0 Å². The van der Waals surface area contributed by atoms with Gasteiger partial charge in [0.25, 0.3) is 5.91 Å². The zero-order valence-electron chi connectivity index (χ0n) is 20.4. The first-order valence-electron chi connectivity index (χ1n) is 12.5. The smallest absolute Gasteiger partial charge is 0.316 e. The van der Waals surface area contributed by atoms with Gasteiger partial charge >= 0.3 is 6.03 Å². The van der Waals surface area contributed by atoms with Crippen LogP contribution < -0.4 is 10.6 Å². The van der Waals surface area contributed by atoms with Gasteiger partial charge in [0.05, 0.1) is 9.79 Å². The van der Waals surface area contributed by atoms with Crippen LogP contribution in [0, 0.1) is 0 Å². The number of sulfonamides is 2. The Hall–Kier alpha value is -2.80. The molecule has 0 aliphatic carbocycles. The van der Waals surface area contributed by atoms with E-state index in [-0.39, 0.29) is 9.79 Å². The maximum Gasteiger partial charge on any atom is 0.322 e. The van der Waals surface area contributed by atoms with Crippen LogP contribution in [0.15, 0.2) is 58.3 Å². The highest BCUT2D eigenvalue weighted by atomic mass is 32.2. The Bertz CT molecular complexity index is 1300. The molecule has 3 aliphatic heterocycles. The topological polar surface area (TPSA) is 133 Å². The summed E-state index contributed by atoms with van der Waals surface area (Å²) in [6.07, 6.45) is 5.26. The fourth-order valence-corrected chi connectivity index (χ4v) is 8.32. The fraction of sp³-hybridized carbons (Fsp3) is 0.440. The van der Waals surface area contributed by atoms with E-state index in [2.05, 4.69) is 10.6 Å². The molecule has 0 aromatic heterocycles. The lowest BCUT2D eigenvalue weighted by Gasteiger charge is -2.29. The molecular formula is C25H30N4O6S2. The Balaban J connectivity index is 1.49. The number of urea groups is 1. The number of nitrogens with zero attached hydrogens (tertiary/aromatic N) is 2. The Morgan fingerprint density at radius 2 is 0.973 bits per heavy atom. The van der Waals surface area contributed by atoms with Crippen LogP contribution in [0.5, 0.6) is 0 Å². The van der Waals surface area contributed by atoms with Gasteiger partial charge in [0.1, 0.15) is 0 Å². The van der Waals surface area contributed by atoms with Crippen molar-refractivity contribution in [3.05, 3.63) is 59.7 Å². The minimum absolute atomic E-state index is 0.112. The zero-order valence-corrected chi connectivity index (χ0v) is 22.0. The average Bonchev–Trinajstić information content (AvgIpc) is 3.24. The fourth-order valence-electron chi connectivity index (χ4n) is 5.29. The molecule has 0 bridgehead atoms. The van der Waals surface area contributed by atoms with E-state index < -0.39 is 37.5 Å². The number of carbonyl (C=O) groups is 2. The molecule has 2 N–H and O–H groups in total. The lowest BCUT2D eigenvalue weighted by molar-refractivity contribution is -0.122. The van der Waals surface area contributed by atoms with Gasteiger partial charge in [-0.1, -0.05) is 37.1 Å². The Morgan fingerprint density at radius 3 is 1.30 bits per heavy atom. The summed E-state index contributed by atoms with van der Waals surface area (Å²) in [7, 11) is -7.34. The average molecular weight is 547 g/mol. The van der Waals surface area contributed by atoms with Crippen LogP contribution >= 0.6 is 0 Å². The second-order valence-electron chi connectivity index (χ2n) is 9.64. The molecule has 0 radical (unpaired) electrons. The molecule has 12 heteroatoms. The van der Waals surface area contributed by atoms with Crippen molar-refractivity contribution < 1.29 is 26.4 Å². The molecule has 3 heterocycles. The van der Waals surface area contributed by atoms with Gasteiger partial charge in [0, 0.05) is 26.2 Å². The molecule has 0 atom stereocenters. The first kappa shape index (κ1) is 25.8. The second kappa shape index (κ2) is 9.82. The summed E-state index contributed by atoms with van der Waals surface area (Å²) in [5, 5.41) is 4.93. The molecule has 0 saturated carbocycles. The maximum atomic E-state index is 13.1. The molecule has 2 aromatic carbocycles. The molecule has 5 rings (SSSR count). The molecule has 3 amide bonds. The standard InChI is InChI=1S/C25H30N4O6S2/c30-23-25(27-24(31)26-23,19-7-11-21(12-8-19)36(32,33)28-15-3-1-4-16-28)20-9-13-22(14-10-20)37(34,35)29-17-5-2-6-18-29/h7-14H,1-6,15-18H2,(H2,26,27,30,31). The number of imide groups is 1. The van der Waals surface area contributed by atoms with Crippen LogP contribution in [0.2, 0.25) is 0 Å². The quantitative estimate of drug-likeness (QED) is 0.534. The number of nitrogens with one attached hydrogen (secondary N) is 2. The minimum Gasteiger partial charge on any atom is -0.316 e. The number of hydrogen-bond acceptors (Lipinski definition) is 6. The molecule has 0 spiro atoms. The normalized spacial score (nSPS) is 21.4. The highest BCUT2D eigenvalue weighted by Gasteiger charge is 2.49. The summed E-state index contributed by atoms with van der Waals surface area (Å²) in [5.74, 6) is -0.629. The molecular weight excluding hydrogens is 516 g/mol. The molecule has 10 nitrogen and oxygen atoms in total. The van der Waals surface area contributed by atoms with Crippen molar-refractivity contribution in [1.82, 2.24) is 19.2 Å². The van der Waals surface area contributed by atoms with Gasteiger partial charge in [-0.15, -0.1) is 0 Å². The molecule has 2 aromatic rings. The van der Waals surface area contributed by atoms with Crippen molar-refractivity contribution in [3.8, 4) is 0 Å². The highest BCUT2D eigenvalue weighted by molar-refractivity contribution is 7.89. The van der Waals surface area contributed by atoms with E-state index in [9.17, 15) is 26.4 Å². The van der Waals surface area contributed by atoms with E-state index >= 15 is 0 Å². The first-order valence-corrected chi connectivity index (χ1v) is 15.4. The Labute approximate surface area is 217 Å². The van der Waals surface area contributed by atoms with Crippen LogP contribution in [-0.4, -0.2) is 63.6 Å². The van der Waals surface area contributed by atoms with Crippen molar-refractivity contribution in [3.63, 3.8) is 0 Å². The number of hydrogen-bond donors (Lipinski definition) is 2. The first-order chi connectivity index (χ1) is 17.7. The third-order valence-electron chi connectivity index (χ3n) is 7.35. The Morgan fingerprint density at radius 1 is 0.595 bits per heavy atom. The van der Waals surface area contributed by atoms with Gasteiger partial charge < -0.3 is 5.32 Å². The van der Waals surface area contributed by atoms with Crippen LogP contribution in [0.3, 0.4) is 0 Å². The van der Waals surface area contributed by atoms with Crippen molar-refractivity contribution in [1.29, 1.82) is 0 Å². The van der Waals surface area contributed by atoms with Crippen molar-refractivity contribution >= 4 is 32.0 Å². The van der Waals surface area contributed by atoms with Gasteiger partial charge in [-0.05, 0) is 61.1 Å². The lowest BCUT2D eigenvalue weighted by atomic mass is 9.83. The number of piperidine rings is 2. The molecule has 3 fully saturated rings.